The molecule has 0 N–H and O–H groups in total. The van der Waals surface area contributed by atoms with Crippen LogP contribution < -0.4 is 4.90 Å². The van der Waals surface area contributed by atoms with E-state index in [9.17, 15) is 0 Å². The summed E-state index contributed by atoms with van der Waals surface area (Å²) >= 11 is 3.73. The zero-order valence-electron chi connectivity index (χ0n) is 26.5. The van der Waals surface area contributed by atoms with E-state index in [4.69, 9.17) is 0 Å². The Morgan fingerprint density at radius 2 is 0.918 bits per heavy atom. The molecule has 8 aromatic carbocycles. The van der Waals surface area contributed by atoms with Gasteiger partial charge >= 0.3 is 0 Å². The fourth-order valence-electron chi connectivity index (χ4n) is 7.26. The van der Waals surface area contributed by atoms with Gasteiger partial charge in [0.05, 0.1) is 5.69 Å². The molecular formula is C46H29NS2. The van der Waals surface area contributed by atoms with Crippen LogP contribution in [0.4, 0.5) is 17.1 Å². The van der Waals surface area contributed by atoms with E-state index in [0.717, 1.165) is 17.1 Å². The number of hydrogen-bond acceptors (Lipinski definition) is 3. The molecule has 2 heterocycles. The molecule has 0 radical (unpaired) electrons. The molecule has 230 valence electrons. The number of anilines is 3. The Kier molecular flexibility index (Phi) is 6.61. The molecule has 0 atom stereocenters. The van der Waals surface area contributed by atoms with Crippen LogP contribution in [-0.2, 0) is 0 Å². The molecule has 0 saturated heterocycles. The first-order valence-electron chi connectivity index (χ1n) is 16.6. The van der Waals surface area contributed by atoms with Crippen LogP contribution in [0.2, 0.25) is 0 Å². The minimum Gasteiger partial charge on any atom is -0.310 e. The van der Waals surface area contributed by atoms with Crippen LogP contribution in [0.5, 0.6) is 0 Å². The largest absolute Gasteiger partial charge is 0.310 e. The Morgan fingerprint density at radius 3 is 1.76 bits per heavy atom. The Labute approximate surface area is 292 Å². The minimum atomic E-state index is 1.14. The highest BCUT2D eigenvalue weighted by atomic mass is 32.1. The number of fused-ring (bicyclic) bond motifs is 7. The highest BCUT2D eigenvalue weighted by Crippen LogP contribution is 2.47. The number of hydrogen-bond donors (Lipinski definition) is 0. The van der Waals surface area contributed by atoms with Gasteiger partial charge in [-0.3, -0.25) is 0 Å². The molecule has 0 aliphatic carbocycles. The maximum absolute atomic E-state index is 2.47. The summed E-state index contributed by atoms with van der Waals surface area (Å²) in [4.78, 5) is 2.47. The predicted octanol–water partition coefficient (Wildman–Crippen LogP) is 14.4. The second kappa shape index (κ2) is 11.5. The normalized spacial score (nSPS) is 11.7. The zero-order chi connectivity index (χ0) is 32.3. The summed E-state index contributed by atoms with van der Waals surface area (Å²) in [7, 11) is 0. The van der Waals surface area contributed by atoms with E-state index in [0.29, 0.717) is 0 Å². The Balaban J connectivity index is 1.25. The molecule has 1 nitrogen and oxygen atoms in total. The lowest BCUT2D eigenvalue weighted by molar-refractivity contribution is 1.30. The lowest BCUT2D eigenvalue weighted by Crippen LogP contribution is -2.11. The van der Waals surface area contributed by atoms with Crippen LogP contribution in [0.1, 0.15) is 0 Å². The Morgan fingerprint density at radius 1 is 0.327 bits per heavy atom. The van der Waals surface area contributed by atoms with Gasteiger partial charge in [0.15, 0.2) is 0 Å². The summed E-state index contributed by atoms with van der Waals surface area (Å²) in [6.45, 7) is 0. The molecule has 2 aromatic heterocycles. The summed E-state index contributed by atoms with van der Waals surface area (Å²) < 4.78 is 5.22. The van der Waals surface area contributed by atoms with Crippen molar-refractivity contribution in [1.29, 1.82) is 0 Å². The quantitative estimate of drug-likeness (QED) is 0.178. The lowest BCUT2D eigenvalue weighted by Gasteiger charge is -2.29. The molecule has 3 heteroatoms. The monoisotopic (exact) mass is 659 g/mol. The topological polar surface area (TPSA) is 3.24 Å². The Hall–Kier alpha value is -5.74. The van der Waals surface area contributed by atoms with Crippen LogP contribution in [-0.4, -0.2) is 0 Å². The van der Waals surface area contributed by atoms with Crippen LogP contribution in [0.25, 0.3) is 73.4 Å². The van der Waals surface area contributed by atoms with Gasteiger partial charge < -0.3 is 4.90 Å². The summed E-state index contributed by atoms with van der Waals surface area (Å²) in [5.41, 5.74) is 8.22. The summed E-state index contributed by atoms with van der Waals surface area (Å²) in [6.07, 6.45) is 0. The van der Waals surface area contributed by atoms with Crippen LogP contribution >= 0.6 is 22.7 Å². The highest BCUT2D eigenvalue weighted by molar-refractivity contribution is 7.26. The van der Waals surface area contributed by atoms with Crippen LogP contribution in [0.3, 0.4) is 0 Å². The standard InChI is InChI=1S/C46H29NS2/c1-2-11-31(12-3-1)37-23-20-34(33-19-18-30-10-4-5-13-32(30)26-33)27-42(37)47(35-22-25-45-41(28-35)39-15-7-9-17-44(39)48-45)36-21-24-40-38-14-6-8-16-43(38)49-46(40)29-36/h1-29H. The molecule has 0 spiro atoms. The van der Waals surface area contributed by atoms with E-state index in [2.05, 4.69) is 181 Å². The van der Waals surface area contributed by atoms with Crippen molar-refractivity contribution in [3.8, 4) is 22.3 Å². The molecule has 0 bridgehead atoms. The van der Waals surface area contributed by atoms with Crippen molar-refractivity contribution in [2.45, 2.75) is 0 Å². The molecule has 10 aromatic rings. The first-order valence-corrected chi connectivity index (χ1v) is 18.2. The van der Waals surface area contributed by atoms with Crippen molar-refractivity contribution in [3.05, 3.63) is 176 Å². The molecule has 49 heavy (non-hydrogen) atoms. The zero-order valence-corrected chi connectivity index (χ0v) is 28.1. The second-order valence-electron chi connectivity index (χ2n) is 12.6. The summed E-state index contributed by atoms with van der Waals surface area (Å²) in [5, 5.41) is 7.71. The fourth-order valence-corrected chi connectivity index (χ4v) is 9.49. The fraction of sp³-hybridized carbons (Fsp3) is 0. The smallest absolute Gasteiger partial charge is 0.0546 e. The van der Waals surface area contributed by atoms with E-state index < -0.39 is 0 Å². The average Bonchev–Trinajstić information content (AvgIpc) is 3.73. The summed E-state index contributed by atoms with van der Waals surface area (Å²) in [5.74, 6) is 0. The second-order valence-corrected chi connectivity index (χ2v) is 14.7. The van der Waals surface area contributed by atoms with Crippen molar-refractivity contribution in [2.75, 3.05) is 4.90 Å². The molecule has 0 amide bonds. The van der Waals surface area contributed by atoms with E-state index in [1.165, 1.54) is 73.4 Å². The van der Waals surface area contributed by atoms with Crippen molar-refractivity contribution >= 4 is 90.9 Å². The average molecular weight is 660 g/mol. The predicted molar refractivity (Wildman–Crippen MR) is 215 cm³/mol. The third-order valence-electron chi connectivity index (χ3n) is 9.65. The number of nitrogens with zero attached hydrogens (tertiary/aromatic N) is 1. The van der Waals surface area contributed by atoms with Crippen LogP contribution in [0, 0.1) is 0 Å². The van der Waals surface area contributed by atoms with Gasteiger partial charge in [0, 0.05) is 57.3 Å². The lowest BCUT2D eigenvalue weighted by atomic mass is 9.95. The van der Waals surface area contributed by atoms with Crippen molar-refractivity contribution in [1.82, 2.24) is 0 Å². The number of rotatable bonds is 5. The van der Waals surface area contributed by atoms with Gasteiger partial charge in [-0.25, -0.2) is 0 Å². The first-order chi connectivity index (χ1) is 24.3. The van der Waals surface area contributed by atoms with Crippen LogP contribution in [0.15, 0.2) is 176 Å². The van der Waals surface area contributed by atoms with Gasteiger partial charge in [0.25, 0.3) is 0 Å². The van der Waals surface area contributed by atoms with Crippen molar-refractivity contribution < 1.29 is 0 Å². The van der Waals surface area contributed by atoms with Gasteiger partial charge in [-0.05, 0) is 82.1 Å². The maximum Gasteiger partial charge on any atom is 0.0546 e. The van der Waals surface area contributed by atoms with E-state index in [-0.39, 0.29) is 0 Å². The van der Waals surface area contributed by atoms with E-state index in [1.807, 2.05) is 22.7 Å². The molecule has 0 saturated carbocycles. The molecule has 0 unspecified atom stereocenters. The molecule has 0 fully saturated rings. The van der Waals surface area contributed by atoms with E-state index >= 15 is 0 Å². The SMILES string of the molecule is c1ccc(-c2ccc(-c3ccc4ccccc4c3)cc2N(c2ccc3c(c2)sc2ccccc23)c2ccc3sc4ccccc4c3c2)cc1. The molecule has 0 aliphatic rings. The van der Waals surface area contributed by atoms with Gasteiger partial charge in [0.1, 0.15) is 0 Å². The Bertz CT molecular complexity index is 2840. The molecular weight excluding hydrogens is 631 g/mol. The number of benzene rings is 8. The van der Waals surface area contributed by atoms with Gasteiger partial charge in [-0.2, -0.15) is 0 Å². The van der Waals surface area contributed by atoms with Crippen molar-refractivity contribution in [2.24, 2.45) is 0 Å². The minimum absolute atomic E-state index is 1.14. The number of thiophene rings is 2. The van der Waals surface area contributed by atoms with Gasteiger partial charge in [0.2, 0.25) is 0 Å². The molecule has 0 aliphatic heterocycles. The van der Waals surface area contributed by atoms with Gasteiger partial charge in [-0.15, -0.1) is 22.7 Å². The highest BCUT2D eigenvalue weighted by Gasteiger charge is 2.21. The summed E-state index contributed by atoms with van der Waals surface area (Å²) in [6, 6.07) is 64.6. The van der Waals surface area contributed by atoms with Gasteiger partial charge in [-0.1, -0.05) is 121 Å². The third-order valence-corrected chi connectivity index (χ3v) is 11.9. The third kappa shape index (κ3) is 4.82. The van der Waals surface area contributed by atoms with Crippen molar-refractivity contribution in [3.63, 3.8) is 0 Å². The van der Waals surface area contributed by atoms with E-state index in [1.54, 1.807) is 0 Å². The maximum atomic E-state index is 2.47. The molecule has 10 rings (SSSR count). The first kappa shape index (κ1) is 28.3.